The minimum Gasteiger partial charge on any atom is -0.481 e. The van der Waals surface area contributed by atoms with Gasteiger partial charge in [0.2, 0.25) is 0 Å². The van der Waals surface area contributed by atoms with Crippen molar-refractivity contribution in [3.8, 4) is 11.3 Å². The lowest BCUT2D eigenvalue weighted by atomic mass is 9.97. The molecule has 2 N–H and O–H groups in total. The predicted molar refractivity (Wildman–Crippen MR) is 87.0 cm³/mol. The molecule has 1 atom stereocenters. The summed E-state index contributed by atoms with van der Waals surface area (Å²) >= 11 is 0. The van der Waals surface area contributed by atoms with Gasteiger partial charge in [-0.15, -0.1) is 0 Å². The number of hydrogen-bond donors (Lipinski definition) is 2. The first-order valence-electron chi connectivity index (χ1n) is 7.73. The molecule has 6 heteroatoms. The highest BCUT2D eigenvalue weighted by Gasteiger charge is 2.21. The zero-order valence-electron chi connectivity index (χ0n) is 13.6. The lowest BCUT2D eigenvalue weighted by molar-refractivity contribution is -0.142. The second-order valence-electron chi connectivity index (χ2n) is 6.05. The summed E-state index contributed by atoms with van der Waals surface area (Å²) in [5.74, 6) is -1.65. The number of carbonyl (C=O) groups is 2. The fourth-order valence-electron chi connectivity index (χ4n) is 2.37. The number of carbonyl (C=O) groups excluding carboxylic acids is 1. The maximum absolute atomic E-state index is 12.9. The molecule has 1 aromatic heterocycles. The van der Waals surface area contributed by atoms with Crippen LogP contribution in [0.3, 0.4) is 0 Å². The zero-order chi connectivity index (χ0) is 17.7. The van der Waals surface area contributed by atoms with Crippen LogP contribution in [0.5, 0.6) is 0 Å². The summed E-state index contributed by atoms with van der Waals surface area (Å²) < 4.78 is 18.4. The van der Waals surface area contributed by atoms with Crippen LogP contribution in [0.4, 0.5) is 4.39 Å². The molecule has 1 aromatic carbocycles. The Morgan fingerprint density at radius 2 is 1.83 bits per heavy atom. The number of rotatable bonds is 7. The molecule has 5 nitrogen and oxygen atoms in total. The lowest BCUT2D eigenvalue weighted by Gasteiger charge is -2.14. The van der Waals surface area contributed by atoms with Gasteiger partial charge in [0.15, 0.2) is 5.76 Å². The van der Waals surface area contributed by atoms with Gasteiger partial charge in [-0.3, -0.25) is 9.59 Å². The Bertz CT molecular complexity index is 706. The number of halogens is 1. The van der Waals surface area contributed by atoms with Crippen LogP contribution in [0.1, 0.15) is 30.8 Å². The monoisotopic (exact) mass is 333 g/mol. The van der Waals surface area contributed by atoms with Gasteiger partial charge in [-0.25, -0.2) is 4.39 Å². The molecule has 128 valence electrons. The van der Waals surface area contributed by atoms with Crippen LogP contribution in [0.2, 0.25) is 0 Å². The SMILES string of the molecule is CC(C)CC(CNC(=O)c1ccc(-c2ccc(F)cc2)o1)C(=O)O. The summed E-state index contributed by atoms with van der Waals surface area (Å²) in [6, 6.07) is 8.84. The maximum atomic E-state index is 12.9. The first-order valence-corrected chi connectivity index (χ1v) is 7.73. The summed E-state index contributed by atoms with van der Waals surface area (Å²) in [7, 11) is 0. The maximum Gasteiger partial charge on any atom is 0.308 e. The highest BCUT2D eigenvalue weighted by molar-refractivity contribution is 5.92. The Kier molecular flexibility index (Phi) is 5.73. The quantitative estimate of drug-likeness (QED) is 0.812. The van der Waals surface area contributed by atoms with E-state index in [1.807, 2.05) is 13.8 Å². The average molecular weight is 333 g/mol. The standard InChI is InChI=1S/C18H20FNO4/c1-11(2)9-13(18(22)23)10-20-17(21)16-8-7-15(24-16)12-3-5-14(19)6-4-12/h3-8,11,13H,9-10H2,1-2H3,(H,20,21)(H,22,23). The lowest BCUT2D eigenvalue weighted by Crippen LogP contribution is -2.33. The smallest absolute Gasteiger partial charge is 0.308 e. The van der Waals surface area contributed by atoms with E-state index >= 15 is 0 Å². The van der Waals surface area contributed by atoms with Crippen LogP contribution in [0, 0.1) is 17.7 Å². The number of benzene rings is 1. The van der Waals surface area contributed by atoms with Crippen LogP contribution >= 0.6 is 0 Å². The van der Waals surface area contributed by atoms with Gasteiger partial charge in [0.1, 0.15) is 11.6 Å². The van der Waals surface area contributed by atoms with Crippen LogP contribution in [-0.2, 0) is 4.79 Å². The van der Waals surface area contributed by atoms with Crippen molar-refractivity contribution in [1.82, 2.24) is 5.32 Å². The van der Waals surface area contributed by atoms with Crippen LogP contribution < -0.4 is 5.32 Å². The van der Waals surface area contributed by atoms with Crippen molar-refractivity contribution in [2.45, 2.75) is 20.3 Å². The van der Waals surface area contributed by atoms with E-state index < -0.39 is 17.8 Å². The van der Waals surface area contributed by atoms with E-state index in [0.717, 1.165) is 0 Å². The fraction of sp³-hybridized carbons (Fsp3) is 0.333. The first-order chi connectivity index (χ1) is 11.4. The average Bonchev–Trinajstić information content (AvgIpc) is 3.01. The van der Waals surface area contributed by atoms with Crippen molar-refractivity contribution in [1.29, 1.82) is 0 Å². The van der Waals surface area contributed by atoms with Gasteiger partial charge in [0.05, 0.1) is 5.92 Å². The topological polar surface area (TPSA) is 79.5 Å². The third kappa shape index (κ3) is 4.68. The Morgan fingerprint density at radius 1 is 1.17 bits per heavy atom. The predicted octanol–water partition coefficient (Wildman–Crippen LogP) is 3.56. The Morgan fingerprint density at radius 3 is 2.42 bits per heavy atom. The van der Waals surface area contributed by atoms with E-state index in [2.05, 4.69) is 5.32 Å². The molecule has 0 fully saturated rings. The minimum atomic E-state index is -0.935. The van der Waals surface area contributed by atoms with Crippen molar-refractivity contribution in [2.75, 3.05) is 6.54 Å². The number of furan rings is 1. The molecule has 0 spiro atoms. The zero-order valence-corrected chi connectivity index (χ0v) is 13.6. The largest absolute Gasteiger partial charge is 0.481 e. The second kappa shape index (κ2) is 7.77. The number of hydrogen-bond acceptors (Lipinski definition) is 3. The molecule has 0 aliphatic carbocycles. The number of carboxylic acid groups (broad SMARTS) is 1. The van der Waals surface area contributed by atoms with Crippen molar-refractivity contribution in [2.24, 2.45) is 11.8 Å². The van der Waals surface area contributed by atoms with Gasteiger partial charge in [-0.2, -0.15) is 0 Å². The van der Waals surface area contributed by atoms with E-state index in [1.165, 1.54) is 18.2 Å². The van der Waals surface area contributed by atoms with Gasteiger partial charge in [0, 0.05) is 12.1 Å². The van der Waals surface area contributed by atoms with E-state index in [1.54, 1.807) is 18.2 Å². The highest BCUT2D eigenvalue weighted by atomic mass is 19.1. The molecule has 0 saturated heterocycles. The minimum absolute atomic E-state index is 0.0406. The molecule has 2 rings (SSSR count). The molecule has 0 aliphatic heterocycles. The summed E-state index contributed by atoms with van der Waals surface area (Å²) in [6.07, 6.45) is 0.481. The van der Waals surface area contributed by atoms with E-state index in [9.17, 15) is 19.1 Å². The molecule has 1 unspecified atom stereocenters. The number of carboxylic acids is 1. The molecule has 1 amide bonds. The summed E-state index contributed by atoms with van der Waals surface area (Å²) in [6.45, 7) is 3.90. The molecule has 1 heterocycles. The molecule has 24 heavy (non-hydrogen) atoms. The number of aliphatic carboxylic acids is 1. The van der Waals surface area contributed by atoms with E-state index in [-0.39, 0.29) is 24.0 Å². The summed E-state index contributed by atoms with van der Waals surface area (Å²) in [4.78, 5) is 23.3. The van der Waals surface area contributed by atoms with E-state index in [0.29, 0.717) is 17.7 Å². The van der Waals surface area contributed by atoms with Crippen molar-refractivity contribution >= 4 is 11.9 Å². The van der Waals surface area contributed by atoms with Gasteiger partial charge < -0.3 is 14.8 Å². The molecular weight excluding hydrogens is 313 g/mol. The second-order valence-corrected chi connectivity index (χ2v) is 6.05. The Balaban J connectivity index is 2.00. The van der Waals surface area contributed by atoms with Gasteiger partial charge in [-0.05, 0) is 48.7 Å². The number of nitrogens with one attached hydrogen (secondary N) is 1. The van der Waals surface area contributed by atoms with Gasteiger partial charge in [-0.1, -0.05) is 13.8 Å². The molecule has 0 saturated carbocycles. The van der Waals surface area contributed by atoms with Crippen molar-refractivity contribution in [3.05, 3.63) is 48.0 Å². The molecule has 0 radical (unpaired) electrons. The molecule has 2 aromatic rings. The highest BCUT2D eigenvalue weighted by Crippen LogP contribution is 2.22. The van der Waals surface area contributed by atoms with Gasteiger partial charge in [0.25, 0.3) is 5.91 Å². The van der Waals surface area contributed by atoms with Crippen molar-refractivity contribution in [3.63, 3.8) is 0 Å². The van der Waals surface area contributed by atoms with Crippen LogP contribution in [-0.4, -0.2) is 23.5 Å². The van der Waals surface area contributed by atoms with Crippen LogP contribution in [0.25, 0.3) is 11.3 Å². The molecule has 0 aliphatic rings. The van der Waals surface area contributed by atoms with Crippen molar-refractivity contribution < 1.29 is 23.5 Å². The summed E-state index contributed by atoms with van der Waals surface area (Å²) in [5, 5.41) is 11.8. The summed E-state index contributed by atoms with van der Waals surface area (Å²) in [5.41, 5.74) is 0.652. The Labute approximate surface area is 139 Å². The molecular formula is C18H20FNO4. The molecule has 0 bridgehead atoms. The third-order valence-electron chi connectivity index (χ3n) is 3.57. The van der Waals surface area contributed by atoms with E-state index in [4.69, 9.17) is 4.42 Å². The number of amides is 1. The Hall–Kier alpha value is -2.63. The normalized spacial score (nSPS) is 12.2. The van der Waals surface area contributed by atoms with Gasteiger partial charge >= 0.3 is 5.97 Å². The third-order valence-corrected chi connectivity index (χ3v) is 3.57. The fourth-order valence-corrected chi connectivity index (χ4v) is 2.37. The van der Waals surface area contributed by atoms with Crippen LogP contribution in [0.15, 0.2) is 40.8 Å². The first kappa shape index (κ1) is 17.7.